The topological polar surface area (TPSA) is 49.5 Å². The average Bonchev–Trinajstić information content (AvgIpc) is 3.12. The largest absolute Gasteiger partial charge is 0.467 e. The Balaban J connectivity index is 1.67. The van der Waals surface area contributed by atoms with E-state index in [-0.39, 0.29) is 0 Å². The molecule has 4 nitrogen and oxygen atoms in total. The fourth-order valence-corrected chi connectivity index (χ4v) is 4.01. The van der Waals surface area contributed by atoms with E-state index in [1.165, 1.54) is 24.3 Å². The lowest BCUT2D eigenvalue weighted by molar-refractivity contribution is 0.0830. The van der Waals surface area contributed by atoms with Crippen LogP contribution in [0.4, 0.5) is 0 Å². The van der Waals surface area contributed by atoms with Gasteiger partial charge in [-0.25, -0.2) is 4.98 Å². The van der Waals surface area contributed by atoms with Crippen molar-refractivity contribution in [2.24, 2.45) is 0 Å². The molecule has 5 heteroatoms. The van der Waals surface area contributed by atoms with Gasteiger partial charge >= 0.3 is 0 Å². The molecule has 0 amide bonds. The third-order valence-electron chi connectivity index (χ3n) is 4.37. The molecular weight excluding hydrogens is 296 g/mol. The maximum atomic E-state index is 10.4. The number of hydrogen-bond donors (Lipinski definition) is 1. The van der Waals surface area contributed by atoms with Crippen molar-refractivity contribution in [3.05, 3.63) is 40.2 Å². The van der Waals surface area contributed by atoms with Crippen molar-refractivity contribution in [2.45, 2.75) is 57.7 Å². The molecule has 22 heavy (non-hydrogen) atoms. The lowest BCUT2D eigenvalue weighted by atomic mass is 10.0. The summed E-state index contributed by atoms with van der Waals surface area (Å²) in [7, 11) is 0. The second kappa shape index (κ2) is 7.40. The molecule has 0 unspecified atom stereocenters. The van der Waals surface area contributed by atoms with E-state index < -0.39 is 6.10 Å². The van der Waals surface area contributed by atoms with Crippen molar-refractivity contribution in [3.63, 3.8) is 0 Å². The second-order valence-corrected chi connectivity index (χ2v) is 7.07. The van der Waals surface area contributed by atoms with E-state index in [0.29, 0.717) is 11.8 Å². The first-order valence-electron chi connectivity index (χ1n) is 8.09. The number of aryl methyl sites for hydroxylation is 1. The van der Waals surface area contributed by atoms with Gasteiger partial charge in [-0.05, 0) is 44.9 Å². The summed E-state index contributed by atoms with van der Waals surface area (Å²) in [5.74, 6) is 0.675. The minimum absolute atomic E-state index is 0.395. The number of aromatic nitrogens is 1. The van der Waals surface area contributed by atoms with Crippen LogP contribution in [0.15, 0.2) is 28.2 Å². The minimum atomic E-state index is -0.515. The zero-order valence-corrected chi connectivity index (χ0v) is 13.9. The van der Waals surface area contributed by atoms with Gasteiger partial charge in [0.1, 0.15) is 16.9 Å². The number of rotatable bonds is 5. The standard InChI is InChI=1S/C17H24N2O2S/c1-13-12-22-17(18-13)11-19-8-4-2-3-6-14(19)10-15(20)16-7-5-9-21-16/h5,7,9,12,14-15,20H,2-4,6,8,10-11H2,1H3/t14-,15-/m0/s1. The van der Waals surface area contributed by atoms with Gasteiger partial charge in [0.05, 0.1) is 12.8 Å². The van der Waals surface area contributed by atoms with E-state index in [1.807, 2.05) is 19.1 Å². The number of furan rings is 1. The van der Waals surface area contributed by atoms with Gasteiger partial charge in [0.15, 0.2) is 0 Å². The number of aliphatic hydroxyl groups is 1. The van der Waals surface area contributed by atoms with Gasteiger partial charge in [-0.15, -0.1) is 11.3 Å². The van der Waals surface area contributed by atoms with Crippen molar-refractivity contribution in [1.82, 2.24) is 9.88 Å². The molecule has 2 atom stereocenters. The quantitative estimate of drug-likeness (QED) is 0.907. The maximum absolute atomic E-state index is 10.4. The van der Waals surface area contributed by atoms with Gasteiger partial charge in [-0.2, -0.15) is 0 Å². The minimum Gasteiger partial charge on any atom is -0.467 e. The van der Waals surface area contributed by atoms with Crippen LogP contribution >= 0.6 is 11.3 Å². The lowest BCUT2D eigenvalue weighted by Crippen LogP contribution is -2.35. The van der Waals surface area contributed by atoms with Crippen LogP contribution in [0.5, 0.6) is 0 Å². The van der Waals surface area contributed by atoms with Crippen LogP contribution in [0.1, 0.15) is 54.7 Å². The van der Waals surface area contributed by atoms with Crippen LogP contribution in [-0.4, -0.2) is 27.6 Å². The van der Waals surface area contributed by atoms with Crippen molar-refractivity contribution in [3.8, 4) is 0 Å². The predicted molar refractivity (Wildman–Crippen MR) is 87.8 cm³/mol. The Bertz CT molecular complexity index is 567. The van der Waals surface area contributed by atoms with Crippen LogP contribution in [0.2, 0.25) is 0 Å². The van der Waals surface area contributed by atoms with E-state index in [0.717, 1.165) is 31.6 Å². The van der Waals surface area contributed by atoms with Crippen LogP contribution in [-0.2, 0) is 6.54 Å². The first-order chi connectivity index (χ1) is 10.7. The highest BCUT2D eigenvalue weighted by atomic mass is 32.1. The average molecular weight is 320 g/mol. The molecule has 1 N–H and O–H groups in total. The number of thiazole rings is 1. The van der Waals surface area contributed by atoms with Gasteiger partial charge in [-0.3, -0.25) is 4.90 Å². The molecule has 3 heterocycles. The molecule has 0 bridgehead atoms. The Morgan fingerprint density at radius 2 is 2.36 bits per heavy atom. The summed E-state index contributed by atoms with van der Waals surface area (Å²) in [5, 5.41) is 13.7. The summed E-state index contributed by atoms with van der Waals surface area (Å²) < 4.78 is 5.35. The Morgan fingerprint density at radius 3 is 3.09 bits per heavy atom. The van der Waals surface area contributed by atoms with E-state index in [2.05, 4.69) is 15.3 Å². The smallest absolute Gasteiger partial charge is 0.132 e. The Labute approximate surface area is 135 Å². The summed E-state index contributed by atoms with van der Waals surface area (Å²) in [6.45, 7) is 4.03. The van der Waals surface area contributed by atoms with E-state index >= 15 is 0 Å². The van der Waals surface area contributed by atoms with E-state index in [1.54, 1.807) is 17.6 Å². The first-order valence-corrected chi connectivity index (χ1v) is 8.97. The van der Waals surface area contributed by atoms with E-state index in [9.17, 15) is 5.11 Å². The summed E-state index contributed by atoms with van der Waals surface area (Å²) >= 11 is 1.73. The molecule has 0 aromatic carbocycles. The fraction of sp³-hybridized carbons (Fsp3) is 0.588. The number of nitrogens with zero attached hydrogens (tertiary/aromatic N) is 2. The molecule has 1 saturated heterocycles. The number of likely N-dealkylation sites (tertiary alicyclic amines) is 1. The molecule has 2 aromatic rings. The van der Waals surface area contributed by atoms with Crippen molar-refractivity contribution in [2.75, 3.05) is 6.54 Å². The van der Waals surface area contributed by atoms with Gasteiger partial charge in [0.25, 0.3) is 0 Å². The summed E-state index contributed by atoms with van der Waals surface area (Å²) in [5.41, 5.74) is 1.10. The zero-order chi connectivity index (χ0) is 15.4. The van der Waals surface area contributed by atoms with Gasteiger partial charge < -0.3 is 9.52 Å². The molecular formula is C17H24N2O2S. The third-order valence-corrected chi connectivity index (χ3v) is 5.32. The molecule has 1 fully saturated rings. The zero-order valence-electron chi connectivity index (χ0n) is 13.1. The number of aliphatic hydroxyl groups excluding tert-OH is 1. The maximum Gasteiger partial charge on any atom is 0.132 e. The molecule has 120 valence electrons. The number of hydrogen-bond acceptors (Lipinski definition) is 5. The first kappa shape index (κ1) is 15.7. The molecule has 0 aliphatic carbocycles. The Hall–Kier alpha value is -1.17. The normalized spacial score (nSPS) is 21.6. The van der Waals surface area contributed by atoms with Crippen LogP contribution < -0.4 is 0 Å². The predicted octanol–water partition coefficient (Wildman–Crippen LogP) is 3.91. The van der Waals surface area contributed by atoms with Crippen molar-refractivity contribution < 1.29 is 9.52 Å². The molecule has 0 spiro atoms. The van der Waals surface area contributed by atoms with Crippen LogP contribution in [0, 0.1) is 6.92 Å². The lowest BCUT2D eigenvalue weighted by Gasteiger charge is -2.30. The van der Waals surface area contributed by atoms with Crippen LogP contribution in [0.3, 0.4) is 0 Å². The molecule has 1 aliphatic heterocycles. The molecule has 1 aliphatic rings. The molecule has 0 saturated carbocycles. The fourth-order valence-electron chi connectivity index (χ4n) is 3.22. The highest BCUT2D eigenvalue weighted by Crippen LogP contribution is 2.28. The summed E-state index contributed by atoms with van der Waals surface area (Å²) in [6.07, 6.45) is 6.74. The molecule has 3 rings (SSSR count). The Morgan fingerprint density at radius 1 is 1.45 bits per heavy atom. The molecule has 0 radical (unpaired) electrons. The third kappa shape index (κ3) is 3.97. The second-order valence-electron chi connectivity index (χ2n) is 6.12. The van der Waals surface area contributed by atoms with Gasteiger partial charge in [-0.1, -0.05) is 12.8 Å². The van der Waals surface area contributed by atoms with E-state index in [4.69, 9.17) is 4.42 Å². The summed E-state index contributed by atoms with van der Waals surface area (Å²) in [4.78, 5) is 7.09. The SMILES string of the molecule is Cc1csc(CN2CCCCC[C@H]2C[C@H](O)c2ccco2)n1. The van der Waals surface area contributed by atoms with Gasteiger partial charge in [0.2, 0.25) is 0 Å². The highest BCUT2D eigenvalue weighted by Gasteiger charge is 2.25. The van der Waals surface area contributed by atoms with Crippen molar-refractivity contribution in [1.29, 1.82) is 0 Å². The van der Waals surface area contributed by atoms with Crippen molar-refractivity contribution >= 4 is 11.3 Å². The molecule has 2 aromatic heterocycles. The van der Waals surface area contributed by atoms with Crippen LogP contribution in [0.25, 0.3) is 0 Å². The van der Waals surface area contributed by atoms with Gasteiger partial charge in [0, 0.05) is 17.1 Å². The Kier molecular flexibility index (Phi) is 5.28. The summed E-state index contributed by atoms with van der Waals surface area (Å²) in [6, 6.07) is 4.09. The highest BCUT2D eigenvalue weighted by molar-refractivity contribution is 7.09. The monoisotopic (exact) mass is 320 g/mol.